The van der Waals surface area contributed by atoms with Gasteiger partial charge in [0.05, 0.1) is 5.75 Å². The number of benzene rings is 1. The second kappa shape index (κ2) is 6.14. The van der Waals surface area contributed by atoms with E-state index in [2.05, 4.69) is 34.3 Å². The Labute approximate surface area is 103 Å². The van der Waals surface area contributed by atoms with Crippen LogP contribution in [0.5, 0.6) is 0 Å². The van der Waals surface area contributed by atoms with Crippen molar-refractivity contribution in [2.24, 2.45) is 0 Å². The van der Waals surface area contributed by atoms with E-state index in [4.69, 9.17) is 0 Å². The lowest BCUT2D eigenvalue weighted by molar-refractivity contribution is 0.567. The minimum atomic E-state index is -3.12. The van der Waals surface area contributed by atoms with E-state index >= 15 is 0 Å². The first kappa shape index (κ1) is 14.2. The van der Waals surface area contributed by atoms with Gasteiger partial charge in [0.2, 0.25) is 10.0 Å². The number of rotatable bonds is 6. The fourth-order valence-electron chi connectivity index (χ4n) is 1.48. The fourth-order valence-corrected chi connectivity index (χ4v) is 2.08. The lowest BCUT2D eigenvalue weighted by atomic mass is 10.1. The molecule has 2 N–H and O–H groups in total. The summed E-state index contributed by atoms with van der Waals surface area (Å²) < 4.78 is 24.7. The number of hydrogen-bond acceptors (Lipinski definition) is 3. The highest BCUT2D eigenvalue weighted by molar-refractivity contribution is 7.89. The van der Waals surface area contributed by atoms with E-state index in [1.54, 1.807) is 0 Å². The van der Waals surface area contributed by atoms with Crippen molar-refractivity contribution in [2.75, 3.05) is 19.3 Å². The zero-order valence-corrected chi connectivity index (χ0v) is 11.3. The van der Waals surface area contributed by atoms with E-state index in [0.717, 1.165) is 5.56 Å². The Hall–Kier alpha value is -0.910. The van der Waals surface area contributed by atoms with Crippen LogP contribution >= 0.6 is 0 Å². The topological polar surface area (TPSA) is 58.2 Å². The van der Waals surface area contributed by atoms with Crippen LogP contribution in [0.3, 0.4) is 0 Å². The van der Waals surface area contributed by atoms with Crippen LogP contribution in [0.25, 0.3) is 0 Å². The van der Waals surface area contributed by atoms with Gasteiger partial charge in [0.15, 0.2) is 0 Å². The summed E-state index contributed by atoms with van der Waals surface area (Å²) in [5, 5.41) is 3.19. The summed E-state index contributed by atoms with van der Waals surface area (Å²) in [5.41, 5.74) is 2.39. The average Bonchev–Trinajstić information content (AvgIpc) is 2.29. The maximum Gasteiger partial charge on any atom is 0.212 e. The summed E-state index contributed by atoms with van der Waals surface area (Å²) in [4.78, 5) is 0. The Morgan fingerprint density at radius 2 is 1.82 bits per heavy atom. The molecule has 0 aliphatic rings. The highest BCUT2D eigenvalue weighted by atomic mass is 32.2. The van der Waals surface area contributed by atoms with Gasteiger partial charge in [-0.3, -0.25) is 0 Å². The molecule has 0 aromatic heterocycles. The highest BCUT2D eigenvalue weighted by Gasteiger charge is 2.08. The molecule has 1 atom stereocenters. The molecule has 0 amide bonds. The molecule has 1 aromatic rings. The lowest BCUT2D eigenvalue weighted by Gasteiger charge is -2.14. The Balaban J connectivity index is 2.45. The van der Waals surface area contributed by atoms with Crippen LogP contribution in [-0.4, -0.2) is 27.8 Å². The molecule has 0 radical (unpaired) electrons. The summed E-state index contributed by atoms with van der Waals surface area (Å²) in [6, 6.07) is 8.37. The van der Waals surface area contributed by atoms with Crippen LogP contribution in [0.15, 0.2) is 24.3 Å². The predicted molar refractivity (Wildman–Crippen MR) is 70.4 cm³/mol. The standard InChI is InChI=1S/C12H20N2O2S/c1-10-4-6-12(7-5-10)11(2)14-8-9-17(15,16)13-3/h4-7,11,13-14H,8-9H2,1-3H3. The SMILES string of the molecule is CNS(=O)(=O)CCNC(C)c1ccc(C)cc1. The molecular weight excluding hydrogens is 236 g/mol. The van der Waals surface area contributed by atoms with E-state index in [9.17, 15) is 8.42 Å². The van der Waals surface area contributed by atoms with Crippen molar-refractivity contribution in [1.82, 2.24) is 10.0 Å². The normalized spacial score (nSPS) is 13.6. The van der Waals surface area contributed by atoms with Gasteiger partial charge < -0.3 is 5.32 Å². The number of hydrogen-bond donors (Lipinski definition) is 2. The fraction of sp³-hybridized carbons (Fsp3) is 0.500. The number of aryl methyl sites for hydroxylation is 1. The summed E-state index contributed by atoms with van der Waals surface area (Å²) in [6.07, 6.45) is 0. The summed E-state index contributed by atoms with van der Waals surface area (Å²) in [7, 11) is -1.69. The van der Waals surface area contributed by atoms with Crippen LogP contribution in [0.1, 0.15) is 24.1 Å². The molecule has 96 valence electrons. The molecule has 0 saturated carbocycles. The minimum Gasteiger partial charge on any atom is -0.309 e. The van der Waals surface area contributed by atoms with Crippen molar-refractivity contribution in [1.29, 1.82) is 0 Å². The molecule has 5 heteroatoms. The van der Waals surface area contributed by atoms with E-state index in [0.29, 0.717) is 6.54 Å². The quantitative estimate of drug-likeness (QED) is 0.804. The first-order chi connectivity index (χ1) is 7.94. The van der Waals surface area contributed by atoms with Crippen molar-refractivity contribution in [3.05, 3.63) is 35.4 Å². The van der Waals surface area contributed by atoms with Crippen molar-refractivity contribution in [3.63, 3.8) is 0 Å². The molecule has 0 bridgehead atoms. The van der Waals surface area contributed by atoms with Crippen molar-refractivity contribution < 1.29 is 8.42 Å². The van der Waals surface area contributed by atoms with Crippen LogP contribution < -0.4 is 10.0 Å². The largest absolute Gasteiger partial charge is 0.309 e. The molecule has 0 saturated heterocycles. The van der Waals surface area contributed by atoms with Gasteiger partial charge in [-0.15, -0.1) is 0 Å². The van der Waals surface area contributed by atoms with Gasteiger partial charge in [0, 0.05) is 12.6 Å². The summed E-state index contributed by atoms with van der Waals surface area (Å²) in [5.74, 6) is 0.0969. The van der Waals surface area contributed by atoms with Crippen molar-refractivity contribution in [2.45, 2.75) is 19.9 Å². The third-order valence-corrected chi connectivity index (χ3v) is 4.07. The third kappa shape index (κ3) is 4.85. The lowest BCUT2D eigenvalue weighted by Crippen LogP contribution is -2.30. The van der Waals surface area contributed by atoms with Gasteiger partial charge in [-0.25, -0.2) is 13.1 Å². The van der Waals surface area contributed by atoms with E-state index < -0.39 is 10.0 Å². The van der Waals surface area contributed by atoms with Gasteiger partial charge in [-0.2, -0.15) is 0 Å². The maximum atomic E-state index is 11.2. The monoisotopic (exact) mass is 256 g/mol. The molecule has 0 aliphatic heterocycles. The van der Waals surface area contributed by atoms with Crippen molar-refractivity contribution >= 4 is 10.0 Å². The van der Waals surface area contributed by atoms with Gasteiger partial charge in [-0.1, -0.05) is 29.8 Å². The van der Waals surface area contributed by atoms with Gasteiger partial charge in [0.1, 0.15) is 0 Å². The Morgan fingerprint density at radius 1 is 1.24 bits per heavy atom. The second-order valence-corrected chi connectivity index (χ2v) is 6.16. The van der Waals surface area contributed by atoms with Crippen LogP contribution in [0, 0.1) is 6.92 Å². The first-order valence-corrected chi connectivity index (χ1v) is 7.31. The smallest absolute Gasteiger partial charge is 0.212 e. The molecule has 1 rings (SSSR count). The van der Waals surface area contributed by atoms with Crippen LogP contribution in [-0.2, 0) is 10.0 Å². The summed E-state index contributed by atoms with van der Waals surface area (Å²) >= 11 is 0. The minimum absolute atomic E-state index is 0.0969. The van der Waals surface area contributed by atoms with Crippen LogP contribution in [0.4, 0.5) is 0 Å². The molecule has 1 aromatic carbocycles. The number of sulfonamides is 1. The van der Waals surface area contributed by atoms with Crippen LogP contribution in [0.2, 0.25) is 0 Å². The van der Waals surface area contributed by atoms with E-state index in [-0.39, 0.29) is 11.8 Å². The molecule has 0 heterocycles. The predicted octanol–water partition coefficient (Wildman–Crippen LogP) is 1.19. The molecule has 0 spiro atoms. The third-order valence-electron chi connectivity index (χ3n) is 2.71. The molecule has 1 unspecified atom stereocenters. The zero-order valence-electron chi connectivity index (χ0n) is 10.5. The van der Waals surface area contributed by atoms with E-state index in [1.807, 2.05) is 13.8 Å². The second-order valence-electron chi connectivity index (χ2n) is 4.11. The maximum absolute atomic E-state index is 11.2. The highest BCUT2D eigenvalue weighted by Crippen LogP contribution is 2.12. The Kier molecular flexibility index (Phi) is 5.11. The van der Waals surface area contributed by atoms with Gasteiger partial charge >= 0.3 is 0 Å². The molecule has 0 aliphatic carbocycles. The molecule has 0 fully saturated rings. The Morgan fingerprint density at radius 3 is 2.35 bits per heavy atom. The molecular formula is C12H20N2O2S. The molecule has 4 nitrogen and oxygen atoms in total. The zero-order chi connectivity index (χ0) is 12.9. The van der Waals surface area contributed by atoms with E-state index in [1.165, 1.54) is 12.6 Å². The van der Waals surface area contributed by atoms with Crippen molar-refractivity contribution in [3.8, 4) is 0 Å². The Bertz CT molecular complexity index is 440. The molecule has 17 heavy (non-hydrogen) atoms. The summed E-state index contributed by atoms with van der Waals surface area (Å²) in [6.45, 7) is 4.51. The first-order valence-electron chi connectivity index (χ1n) is 5.66. The average molecular weight is 256 g/mol. The van der Waals surface area contributed by atoms with Gasteiger partial charge in [-0.05, 0) is 26.5 Å². The number of nitrogens with one attached hydrogen (secondary N) is 2. The van der Waals surface area contributed by atoms with Gasteiger partial charge in [0.25, 0.3) is 0 Å².